The zero-order valence-electron chi connectivity index (χ0n) is 9.85. The highest BCUT2D eigenvalue weighted by atomic mass is 16.3. The lowest BCUT2D eigenvalue weighted by molar-refractivity contribution is 0.467. The van der Waals surface area contributed by atoms with E-state index in [0.717, 1.165) is 29.5 Å². The molecule has 0 amide bonds. The third-order valence-electron chi connectivity index (χ3n) is 2.85. The van der Waals surface area contributed by atoms with E-state index in [2.05, 4.69) is 6.92 Å². The van der Waals surface area contributed by atoms with Crippen molar-refractivity contribution in [2.24, 2.45) is 0 Å². The third kappa shape index (κ3) is 2.26. The molecule has 0 aliphatic rings. The minimum atomic E-state index is 0.246. The van der Waals surface area contributed by atoms with Crippen LogP contribution >= 0.6 is 0 Å². The number of para-hydroxylation sites is 1. The van der Waals surface area contributed by atoms with Crippen molar-refractivity contribution in [2.75, 3.05) is 0 Å². The van der Waals surface area contributed by atoms with Gasteiger partial charge in [0.25, 0.3) is 0 Å². The minimum Gasteiger partial charge on any atom is -0.508 e. The van der Waals surface area contributed by atoms with Crippen molar-refractivity contribution in [3.8, 4) is 22.6 Å². The second-order valence-corrected chi connectivity index (χ2v) is 4.07. The zero-order chi connectivity index (χ0) is 12.3. The molecule has 0 fully saturated rings. The van der Waals surface area contributed by atoms with Gasteiger partial charge < -0.3 is 10.2 Å². The summed E-state index contributed by atoms with van der Waals surface area (Å²) in [5.74, 6) is 0.544. The molecule has 0 heterocycles. The predicted molar refractivity (Wildman–Crippen MR) is 69.2 cm³/mol. The summed E-state index contributed by atoms with van der Waals surface area (Å²) in [4.78, 5) is 0. The second-order valence-electron chi connectivity index (χ2n) is 4.07. The summed E-state index contributed by atoms with van der Waals surface area (Å²) < 4.78 is 0. The van der Waals surface area contributed by atoms with Crippen molar-refractivity contribution in [1.29, 1.82) is 0 Å². The summed E-state index contributed by atoms with van der Waals surface area (Å²) in [6.07, 6.45) is 1.76. The van der Waals surface area contributed by atoms with Gasteiger partial charge in [-0.25, -0.2) is 0 Å². The molecule has 0 saturated carbocycles. The Bertz CT molecular complexity index is 518. The van der Waals surface area contributed by atoms with Gasteiger partial charge in [-0.15, -0.1) is 0 Å². The molecule has 0 unspecified atom stereocenters. The third-order valence-corrected chi connectivity index (χ3v) is 2.85. The molecule has 0 radical (unpaired) electrons. The molecule has 2 aromatic rings. The fourth-order valence-electron chi connectivity index (χ4n) is 2.04. The Morgan fingerprint density at radius 1 is 0.824 bits per heavy atom. The molecular weight excluding hydrogens is 212 g/mol. The quantitative estimate of drug-likeness (QED) is 0.840. The maximum Gasteiger partial charge on any atom is 0.123 e. The van der Waals surface area contributed by atoms with Crippen LogP contribution in [0, 0.1) is 0 Å². The van der Waals surface area contributed by atoms with Gasteiger partial charge in [-0.3, -0.25) is 0 Å². The van der Waals surface area contributed by atoms with E-state index >= 15 is 0 Å². The zero-order valence-corrected chi connectivity index (χ0v) is 9.85. The Kier molecular flexibility index (Phi) is 3.33. The fraction of sp³-hybridized carbons (Fsp3) is 0.200. The van der Waals surface area contributed by atoms with Gasteiger partial charge in [0.05, 0.1) is 0 Å². The smallest absolute Gasteiger partial charge is 0.123 e. The summed E-state index contributed by atoms with van der Waals surface area (Å²) in [5, 5.41) is 19.8. The first kappa shape index (κ1) is 11.5. The SMILES string of the molecule is CCCc1c(O)cccc1-c1ccccc1O. The lowest BCUT2D eigenvalue weighted by Crippen LogP contribution is -1.90. The standard InChI is InChI=1S/C15H16O2/c1-2-6-12-11(8-5-10-15(12)17)13-7-3-4-9-14(13)16/h3-5,7-10,16-17H,2,6H2,1H3. The summed E-state index contributed by atoms with van der Waals surface area (Å²) in [6.45, 7) is 2.07. The number of phenols is 2. The lowest BCUT2D eigenvalue weighted by atomic mass is 9.95. The van der Waals surface area contributed by atoms with Gasteiger partial charge in [-0.05, 0) is 24.1 Å². The summed E-state index contributed by atoms with van der Waals surface area (Å²) >= 11 is 0. The largest absolute Gasteiger partial charge is 0.508 e. The van der Waals surface area contributed by atoms with Gasteiger partial charge in [0, 0.05) is 11.1 Å². The molecule has 0 atom stereocenters. The molecule has 2 N–H and O–H groups in total. The van der Waals surface area contributed by atoms with Gasteiger partial charge in [-0.1, -0.05) is 43.7 Å². The Morgan fingerprint density at radius 2 is 1.47 bits per heavy atom. The van der Waals surface area contributed by atoms with Crippen molar-refractivity contribution in [1.82, 2.24) is 0 Å². The molecule has 0 aliphatic carbocycles. The molecule has 17 heavy (non-hydrogen) atoms. The molecule has 88 valence electrons. The highest BCUT2D eigenvalue weighted by Gasteiger charge is 2.11. The van der Waals surface area contributed by atoms with Crippen LogP contribution in [-0.4, -0.2) is 10.2 Å². The van der Waals surface area contributed by atoms with Gasteiger partial charge in [0.1, 0.15) is 11.5 Å². The Labute approximate surface area is 101 Å². The number of phenolic OH excluding ortho intramolecular Hbond substituents is 2. The lowest BCUT2D eigenvalue weighted by Gasteiger charge is -2.12. The average Bonchev–Trinajstić information content (AvgIpc) is 2.33. The molecule has 0 aliphatic heterocycles. The average molecular weight is 228 g/mol. The van der Waals surface area contributed by atoms with Gasteiger partial charge in [0.15, 0.2) is 0 Å². The van der Waals surface area contributed by atoms with Crippen molar-refractivity contribution < 1.29 is 10.2 Å². The maximum absolute atomic E-state index is 9.89. The van der Waals surface area contributed by atoms with E-state index in [9.17, 15) is 10.2 Å². The number of rotatable bonds is 3. The highest BCUT2D eigenvalue weighted by molar-refractivity contribution is 5.74. The monoisotopic (exact) mass is 228 g/mol. The van der Waals surface area contributed by atoms with E-state index in [1.807, 2.05) is 18.2 Å². The number of benzene rings is 2. The molecule has 2 rings (SSSR count). The van der Waals surface area contributed by atoms with E-state index in [4.69, 9.17) is 0 Å². The molecule has 0 spiro atoms. The predicted octanol–water partition coefficient (Wildman–Crippen LogP) is 3.72. The van der Waals surface area contributed by atoms with Gasteiger partial charge >= 0.3 is 0 Å². The van der Waals surface area contributed by atoms with Crippen LogP contribution in [0.15, 0.2) is 42.5 Å². The van der Waals surface area contributed by atoms with Crippen molar-refractivity contribution in [3.63, 3.8) is 0 Å². The first-order valence-electron chi connectivity index (χ1n) is 5.83. The molecule has 2 heteroatoms. The van der Waals surface area contributed by atoms with Crippen LogP contribution in [0.2, 0.25) is 0 Å². The first-order valence-corrected chi connectivity index (χ1v) is 5.83. The van der Waals surface area contributed by atoms with Crippen LogP contribution in [0.1, 0.15) is 18.9 Å². The summed E-state index contributed by atoms with van der Waals surface area (Å²) in [5.41, 5.74) is 2.58. The van der Waals surface area contributed by atoms with Crippen LogP contribution in [0.25, 0.3) is 11.1 Å². The summed E-state index contributed by atoms with van der Waals surface area (Å²) in [6, 6.07) is 12.6. The van der Waals surface area contributed by atoms with Crippen LogP contribution in [0.5, 0.6) is 11.5 Å². The molecule has 0 saturated heterocycles. The molecular formula is C15H16O2. The number of hydrogen-bond donors (Lipinski definition) is 2. The molecule has 0 aromatic heterocycles. The van der Waals surface area contributed by atoms with Gasteiger partial charge in [-0.2, -0.15) is 0 Å². The van der Waals surface area contributed by atoms with E-state index < -0.39 is 0 Å². The van der Waals surface area contributed by atoms with Gasteiger partial charge in [0.2, 0.25) is 0 Å². The molecule has 0 bridgehead atoms. The Balaban J connectivity index is 2.59. The van der Waals surface area contributed by atoms with E-state index in [1.165, 1.54) is 0 Å². The van der Waals surface area contributed by atoms with E-state index in [1.54, 1.807) is 24.3 Å². The van der Waals surface area contributed by atoms with Crippen LogP contribution in [-0.2, 0) is 6.42 Å². The second kappa shape index (κ2) is 4.91. The highest BCUT2D eigenvalue weighted by Crippen LogP contribution is 2.35. The van der Waals surface area contributed by atoms with E-state index in [0.29, 0.717) is 5.75 Å². The number of aromatic hydroxyl groups is 2. The van der Waals surface area contributed by atoms with Crippen LogP contribution in [0.4, 0.5) is 0 Å². The van der Waals surface area contributed by atoms with Crippen molar-refractivity contribution in [3.05, 3.63) is 48.0 Å². The normalized spacial score (nSPS) is 10.4. The van der Waals surface area contributed by atoms with Crippen molar-refractivity contribution >= 4 is 0 Å². The first-order chi connectivity index (χ1) is 8.24. The molecule has 2 nitrogen and oxygen atoms in total. The Morgan fingerprint density at radius 3 is 2.18 bits per heavy atom. The van der Waals surface area contributed by atoms with Crippen molar-refractivity contribution in [2.45, 2.75) is 19.8 Å². The minimum absolute atomic E-state index is 0.246. The van der Waals surface area contributed by atoms with E-state index in [-0.39, 0.29) is 5.75 Å². The Hall–Kier alpha value is -1.96. The van der Waals surface area contributed by atoms with Crippen LogP contribution < -0.4 is 0 Å². The topological polar surface area (TPSA) is 40.5 Å². The molecule has 2 aromatic carbocycles. The fourth-order valence-corrected chi connectivity index (χ4v) is 2.04. The number of hydrogen-bond acceptors (Lipinski definition) is 2. The maximum atomic E-state index is 9.89. The van der Waals surface area contributed by atoms with Crippen LogP contribution in [0.3, 0.4) is 0 Å². The summed E-state index contributed by atoms with van der Waals surface area (Å²) in [7, 11) is 0.